The molecular formula is C7Cl6N6Na2O3. The minimum Gasteiger partial charge on any atom is -0.652 e. The standard InChI is InChI=1S/2C3Cl3N3.CH2O3.2Na/c2*4-1-7-2(5)9-3(6)8-1;2-1(3)4;;/h;;(H2,2,3,4);;/q;;;2*+1/p-2. The van der Waals surface area contributed by atoms with Crippen LogP contribution in [0.3, 0.4) is 0 Å². The molecule has 0 aliphatic heterocycles. The Kier molecular flexibility index (Phi) is 20.1. The van der Waals surface area contributed by atoms with Crippen molar-refractivity contribution in [3.63, 3.8) is 0 Å². The fourth-order valence-corrected chi connectivity index (χ4v) is 1.83. The Morgan fingerprint density at radius 1 is 0.542 bits per heavy atom. The molecule has 2 heterocycles. The predicted octanol–water partition coefficient (Wildman–Crippen LogP) is -4.78. The van der Waals surface area contributed by atoms with Crippen molar-refractivity contribution >= 4 is 75.8 Å². The molecule has 0 N–H and O–H groups in total. The summed E-state index contributed by atoms with van der Waals surface area (Å²) >= 11 is 31.9. The third-order valence-corrected chi connectivity index (χ3v) is 2.12. The summed E-state index contributed by atoms with van der Waals surface area (Å²) in [6.45, 7) is 0. The zero-order valence-corrected chi connectivity index (χ0v) is 20.2. The molecule has 0 aliphatic carbocycles. The number of carbonyl (C=O) groups excluding carboxylic acids is 1. The van der Waals surface area contributed by atoms with Crippen molar-refractivity contribution in [1.29, 1.82) is 0 Å². The second-order valence-electron chi connectivity index (χ2n) is 2.54. The summed E-state index contributed by atoms with van der Waals surface area (Å²) in [5, 5.41) is 16.7. The molecule has 17 heteroatoms. The van der Waals surface area contributed by atoms with E-state index >= 15 is 0 Å². The van der Waals surface area contributed by atoms with Gasteiger partial charge in [0.15, 0.2) is 0 Å². The SMILES string of the molecule is Clc1nc(Cl)nc(Cl)n1.Clc1nc(Cl)nc(Cl)n1.O=C([O-])[O-].[Na+].[Na+]. The quantitative estimate of drug-likeness (QED) is 0.344. The minimum atomic E-state index is -2.33. The second-order valence-corrected chi connectivity index (χ2v) is 4.56. The molecule has 0 unspecified atom stereocenters. The van der Waals surface area contributed by atoms with Crippen LogP contribution >= 0.6 is 69.6 Å². The van der Waals surface area contributed by atoms with Crippen LogP contribution in [0.1, 0.15) is 0 Å². The first kappa shape index (κ1) is 29.8. The van der Waals surface area contributed by atoms with Gasteiger partial charge in [0.1, 0.15) is 0 Å². The van der Waals surface area contributed by atoms with Crippen molar-refractivity contribution in [3.8, 4) is 0 Å². The molecule has 0 amide bonds. The third-order valence-electron chi connectivity index (χ3n) is 1.11. The predicted molar refractivity (Wildman–Crippen MR) is 75.1 cm³/mol. The number of nitrogens with zero attached hydrogens (tertiary/aromatic N) is 6. The first-order valence-electron chi connectivity index (χ1n) is 4.43. The van der Waals surface area contributed by atoms with E-state index in [1.807, 2.05) is 0 Å². The van der Waals surface area contributed by atoms with Crippen LogP contribution in [0.5, 0.6) is 0 Å². The van der Waals surface area contributed by atoms with Crippen molar-refractivity contribution < 1.29 is 74.1 Å². The van der Waals surface area contributed by atoms with Gasteiger partial charge in [-0.25, -0.2) is 0 Å². The molecule has 0 radical (unpaired) electrons. The van der Waals surface area contributed by atoms with E-state index < -0.39 is 6.16 Å². The van der Waals surface area contributed by atoms with Gasteiger partial charge in [-0.3, -0.25) is 0 Å². The van der Waals surface area contributed by atoms with Crippen molar-refractivity contribution in [1.82, 2.24) is 29.9 Å². The monoisotopic (exact) mass is 472 g/mol. The Morgan fingerprint density at radius 3 is 0.708 bits per heavy atom. The number of rotatable bonds is 0. The van der Waals surface area contributed by atoms with E-state index in [0.717, 1.165) is 0 Å². The maximum absolute atomic E-state index is 8.33. The fourth-order valence-electron chi connectivity index (χ4n) is 0.607. The van der Waals surface area contributed by atoms with Crippen LogP contribution in [0.4, 0.5) is 4.79 Å². The summed E-state index contributed by atoms with van der Waals surface area (Å²) in [7, 11) is 0. The van der Waals surface area contributed by atoms with Crippen LogP contribution in [0.25, 0.3) is 0 Å². The third kappa shape index (κ3) is 17.8. The molecule has 0 spiro atoms. The van der Waals surface area contributed by atoms with Gasteiger partial charge in [-0.15, -0.1) is 0 Å². The van der Waals surface area contributed by atoms with Crippen molar-refractivity contribution in [2.24, 2.45) is 0 Å². The zero-order valence-electron chi connectivity index (χ0n) is 11.7. The molecule has 9 nitrogen and oxygen atoms in total. The number of hydrogen-bond acceptors (Lipinski definition) is 9. The Labute approximate surface area is 209 Å². The van der Waals surface area contributed by atoms with E-state index in [-0.39, 0.29) is 90.8 Å². The molecule has 0 saturated carbocycles. The van der Waals surface area contributed by atoms with Gasteiger partial charge in [0.05, 0.1) is 0 Å². The van der Waals surface area contributed by atoms with E-state index in [1.54, 1.807) is 0 Å². The maximum atomic E-state index is 8.33. The van der Waals surface area contributed by atoms with E-state index in [2.05, 4.69) is 29.9 Å². The molecular weight excluding hydrogens is 475 g/mol. The maximum Gasteiger partial charge on any atom is 1.00 e. The van der Waals surface area contributed by atoms with Gasteiger partial charge in [0.25, 0.3) is 0 Å². The largest absolute Gasteiger partial charge is 1.00 e. The number of aromatic nitrogens is 6. The Morgan fingerprint density at radius 2 is 0.625 bits per heavy atom. The Balaban J connectivity index is -0.000000283. The smallest absolute Gasteiger partial charge is 0.652 e. The molecule has 0 bridgehead atoms. The average molecular weight is 475 g/mol. The molecule has 0 aliphatic rings. The van der Waals surface area contributed by atoms with Gasteiger partial charge >= 0.3 is 59.1 Å². The molecule has 2 aromatic heterocycles. The number of carboxylic acid groups (broad SMARTS) is 2. The van der Waals surface area contributed by atoms with Gasteiger partial charge in [-0.05, 0) is 75.8 Å². The van der Waals surface area contributed by atoms with Crippen molar-refractivity contribution in [2.75, 3.05) is 0 Å². The van der Waals surface area contributed by atoms with Crippen LogP contribution < -0.4 is 69.3 Å². The van der Waals surface area contributed by atoms with Crippen LogP contribution in [0, 0.1) is 0 Å². The van der Waals surface area contributed by atoms with Gasteiger partial charge in [0.2, 0.25) is 31.7 Å². The van der Waals surface area contributed by atoms with Crippen LogP contribution in [0.15, 0.2) is 0 Å². The van der Waals surface area contributed by atoms with E-state index in [0.29, 0.717) is 0 Å². The van der Waals surface area contributed by atoms with Gasteiger partial charge in [0, 0.05) is 0 Å². The topological polar surface area (TPSA) is 141 Å². The molecule has 24 heavy (non-hydrogen) atoms. The molecule has 120 valence electrons. The van der Waals surface area contributed by atoms with Crippen LogP contribution in [-0.4, -0.2) is 36.1 Å². The molecule has 2 aromatic rings. The number of carbonyl (C=O) groups is 1. The first-order valence-corrected chi connectivity index (χ1v) is 6.70. The van der Waals surface area contributed by atoms with Gasteiger partial charge in [-0.2, -0.15) is 29.9 Å². The fraction of sp³-hybridized carbons (Fsp3) is 0. The van der Waals surface area contributed by atoms with Gasteiger partial charge < -0.3 is 15.0 Å². The number of hydrogen-bond donors (Lipinski definition) is 0. The summed E-state index contributed by atoms with van der Waals surface area (Å²) in [6.07, 6.45) is -2.33. The average Bonchev–Trinajstić information content (AvgIpc) is 2.23. The van der Waals surface area contributed by atoms with Crippen molar-refractivity contribution in [2.45, 2.75) is 0 Å². The molecule has 0 atom stereocenters. The van der Waals surface area contributed by atoms with E-state index in [9.17, 15) is 0 Å². The molecule has 2 rings (SSSR count). The van der Waals surface area contributed by atoms with Crippen LogP contribution in [0.2, 0.25) is 31.7 Å². The zero-order chi connectivity index (χ0) is 17.3. The summed E-state index contributed by atoms with van der Waals surface area (Å²) < 4.78 is 0. The van der Waals surface area contributed by atoms with E-state index in [4.69, 9.17) is 84.6 Å². The summed E-state index contributed by atoms with van der Waals surface area (Å²) in [5.41, 5.74) is 0. The number of halogens is 6. The molecule has 0 fully saturated rings. The van der Waals surface area contributed by atoms with Gasteiger partial charge in [-0.1, -0.05) is 0 Å². The summed E-state index contributed by atoms with van der Waals surface area (Å²) in [4.78, 5) is 29.1. The van der Waals surface area contributed by atoms with Crippen LogP contribution in [-0.2, 0) is 0 Å². The Hall–Kier alpha value is 1.03. The van der Waals surface area contributed by atoms with E-state index in [1.165, 1.54) is 0 Å². The molecule has 0 aromatic carbocycles. The first-order chi connectivity index (χ1) is 10.1. The Bertz CT molecular complexity index is 502. The normalized spacial score (nSPS) is 8.25. The van der Waals surface area contributed by atoms with Crippen molar-refractivity contribution in [3.05, 3.63) is 31.7 Å². The minimum absolute atomic E-state index is 0. The summed E-state index contributed by atoms with van der Waals surface area (Å²) in [5.74, 6) is 0. The molecule has 0 saturated heterocycles. The summed E-state index contributed by atoms with van der Waals surface area (Å²) in [6, 6.07) is 0. The second kappa shape index (κ2) is 16.2.